The molecule has 12 heteroatoms. The maximum absolute atomic E-state index is 12.4. The number of nitrogen functional groups attached to an aromatic ring is 2. The molecule has 1 saturated heterocycles. The van der Waals surface area contributed by atoms with Crippen LogP contribution in [-0.2, 0) is 54.9 Å². The van der Waals surface area contributed by atoms with Crippen molar-refractivity contribution in [2.24, 2.45) is 0 Å². The standard InChI is InChI=1S/C24H33N5O.C20H23N5O/c1-2-3-4-10-22-26-23(25)21-14-20(30)17-29(24(21)27-22)16-19-9-7-8-18(13-19)15-28-11-5-6-12-28;1-2-3-4-8-18-23-19(22)17-10-16(26)13-25(20(17)24-18)12-15-7-5-6-14(9-15)11-21/h7-9,13H,2-6,10-12,14-17H2,1H3,(H2,25,26,27);5-7,9H,2-4,8,10,12-13H2,1H3,(H2,22,23,24). The predicted octanol–water partition coefficient (Wildman–Crippen LogP) is 6.31. The van der Waals surface area contributed by atoms with Gasteiger partial charge in [-0.05, 0) is 67.6 Å². The van der Waals surface area contributed by atoms with Crippen molar-refractivity contribution in [2.75, 3.05) is 47.4 Å². The summed E-state index contributed by atoms with van der Waals surface area (Å²) in [5, 5.41) is 9.09. The number of aryl methyl sites for hydroxylation is 2. The number of benzene rings is 2. The van der Waals surface area contributed by atoms with E-state index in [-0.39, 0.29) is 18.0 Å². The largest absolute Gasteiger partial charge is 0.383 e. The molecule has 0 atom stereocenters. The van der Waals surface area contributed by atoms with Crippen LogP contribution in [-0.4, -0.2) is 62.6 Å². The van der Waals surface area contributed by atoms with Crippen molar-refractivity contribution < 1.29 is 9.59 Å². The number of rotatable bonds is 14. The van der Waals surface area contributed by atoms with Crippen molar-refractivity contribution >= 4 is 34.8 Å². The molecule has 4 aromatic rings. The molecule has 0 bridgehead atoms. The highest BCUT2D eigenvalue weighted by Gasteiger charge is 2.29. The van der Waals surface area contributed by atoms with Gasteiger partial charge in [-0.3, -0.25) is 14.5 Å². The number of carbonyl (C=O) groups is 2. The summed E-state index contributed by atoms with van der Waals surface area (Å²) in [5.74, 6) is 4.27. The van der Waals surface area contributed by atoms with Gasteiger partial charge in [0, 0.05) is 56.4 Å². The molecule has 0 unspecified atom stereocenters. The Morgan fingerprint density at radius 1 is 0.661 bits per heavy atom. The van der Waals surface area contributed by atoms with Gasteiger partial charge in [-0.15, -0.1) is 0 Å². The number of nitrogens with two attached hydrogens (primary N) is 2. The minimum Gasteiger partial charge on any atom is -0.383 e. The second kappa shape index (κ2) is 19.4. The summed E-state index contributed by atoms with van der Waals surface area (Å²) in [7, 11) is 0. The van der Waals surface area contributed by atoms with Crippen molar-refractivity contribution in [1.82, 2.24) is 24.8 Å². The van der Waals surface area contributed by atoms with E-state index < -0.39 is 0 Å². The number of ketones is 2. The molecule has 3 aliphatic heterocycles. The van der Waals surface area contributed by atoms with Crippen LogP contribution in [0, 0.1) is 11.3 Å². The fourth-order valence-corrected chi connectivity index (χ4v) is 7.77. The van der Waals surface area contributed by atoms with Crippen LogP contribution in [0.15, 0.2) is 48.5 Å². The van der Waals surface area contributed by atoms with Crippen molar-refractivity contribution in [2.45, 2.75) is 111 Å². The Morgan fingerprint density at radius 2 is 1.14 bits per heavy atom. The van der Waals surface area contributed by atoms with Gasteiger partial charge < -0.3 is 21.3 Å². The number of nitrogens with zero attached hydrogens (tertiary/aromatic N) is 8. The van der Waals surface area contributed by atoms with E-state index in [1.807, 2.05) is 23.1 Å². The van der Waals surface area contributed by atoms with Gasteiger partial charge >= 0.3 is 0 Å². The molecule has 2 aromatic carbocycles. The third-order valence-electron chi connectivity index (χ3n) is 10.6. The number of hydrogen-bond acceptors (Lipinski definition) is 12. The van der Waals surface area contributed by atoms with Crippen molar-refractivity contribution in [3.63, 3.8) is 0 Å². The number of nitriles is 1. The van der Waals surface area contributed by atoms with Crippen LogP contribution in [0.5, 0.6) is 0 Å². The minimum atomic E-state index is 0.1000. The van der Waals surface area contributed by atoms with E-state index in [1.165, 1.54) is 37.1 Å². The number of likely N-dealkylation sites (tertiary alicyclic amines) is 1. The Hall–Kier alpha value is -5.41. The lowest BCUT2D eigenvalue weighted by Gasteiger charge is -2.30. The van der Waals surface area contributed by atoms with E-state index >= 15 is 0 Å². The fraction of sp³-hybridized carbons (Fsp3) is 0.477. The average molecular weight is 757 g/mol. The molecule has 0 aliphatic carbocycles. The monoisotopic (exact) mass is 756 g/mol. The molecule has 7 rings (SSSR count). The summed E-state index contributed by atoms with van der Waals surface area (Å²) in [5.41, 5.74) is 18.0. The first-order valence-electron chi connectivity index (χ1n) is 20.4. The van der Waals surface area contributed by atoms with Gasteiger partial charge in [-0.1, -0.05) is 75.9 Å². The predicted molar refractivity (Wildman–Crippen MR) is 221 cm³/mol. The number of anilines is 4. The number of aromatic nitrogens is 4. The molecule has 4 N–H and O–H groups in total. The van der Waals surface area contributed by atoms with E-state index in [0.717, 1.165) is 97.9 Å². The number of fused-ring (bicyclic) bond motifs is 2. The quantitative estimate of drug-likeness (QED) is 0.138. The van der Waals surface area contributed by atoms with Crippen molar-refractivity contribution in [3.8, 4) is 6.07 Å². The smallest absolute Gasteiger partial charge is 0.156 e. The molecular formula is C44H56N10O2. The van der Waals surface area contributed by atoms with Crippen molar-refractivity contribution in [3.05, 3.63) is 93.6 Å². The van der Waals surface area contributed by atoms with Crippen LogP contribution >= 0.6 is 0 Å². The number of Topliss-reactive ketones (excluding diaryl/α,β-unsaturated/α-hetero) is 2. The molecule has 3 aliphatic rings. The lowest BCUT2D eigenvalue weighted by molar-refractivity contribution is -0.118. The number of unbranched alkanes of at least 4 members (excludes halogenated alkanes) is 4. The number of carbonyl (C=O) groups excluding carboxylic acids is 2. The zero-order valence-corrected chi connectivity index (χ0v) is 33.1. The first-order chi connectivity index (χ1) is 27.2. The first kappa shape index (κ1) is 40.3. The highest BCUT2D eigenvalue weighted by atomic mass is 16.1. The average Bonchev–Trinajstić information content (AvgIpc) is 3.69. The van der Waals surface area contributed by atoms with E-state index in [1.54, 1.807) is 6.07 Å². The fourth-order valence-electron chi connectivity index (χ4n) is 7.77. The molecule has 12 nitrogen and oxygen atoms in total. The lowest BCUT2D eigenvalue weighted by Crippen LogP contribution is -2.37. The first-order valence-corrected chi connectivity index (χ1v) is 20.4. The summed E-state index contributed by atoms with van der Waals surface area (Å²) in [6.07, 6.45) is 11.5. The van der Waals surface area contributed by atoms with Gasteiger partial charge in [-0.25, -0.2) is 19.9 Å². The van der Waals surface area contributed by atoms with Gasteiger partial charge in [0.2, 0.25) is 0 Å². The van der Waals surface area contributed by atoms with Crippen LogP contribution < -0.4 is 21.3 Å². The molecular weight excluding hydrogens is 701 g/mol. The Bertz CT molecular complexity index is 2040. The summed E-state index contributed by atoms with van der Waals surface area (Å²) in [6, 6.07) is 18.3. The van der Waals surface area contributed by atoms with Gasteiger partial charge in [-0.2, -0.15) is 5.26 Å². The van der Waals surface area contributed by atoms with Crippen LogP contribution in [0.4, 0.5) is 23.3 Å². The number of hydrogen-bond donors (Lipinski definition) is 2. The topological polar surface area (TPSA) is 171 Å². The summed E-state index contributed by atoms with van der Waals surface area (Å²) >= 11 is 0. The van der Waals surface area contributed by atoms with Gasteiger partial charge in [0.25, 0.3) is 0 Å². The SMILES string of the molecule is CCCCCc1nc(N)c2c(n1)N(Cc1cccc(C#N)c1)CC(=O)C2.CCCCCc1nc(N)c2c(n1)N(Cc1cccc(CN3CCCC3)c1)CC(=O)C2. The Morgan fingerprint density at radius 3 is 1.64 bits per heavy atom. The van der Waals surface area contributed by atoms with Crippen LogP contribution in [0.1, 0.15) is 110 Å². The zero-order valence-electron chi connectivity index (χ0n) is 33.1. The van der Waals surface area contributed by atoms with E-state index in [0.29, 0.717) is 49.8 Å². The van der Waals surface area contributed by atoms with Crippen LogP contribution in [0.25, 0.3) is 0 Å². The summed E-state index contributed by atoms with van der Waals surface area (Å²) in [6.45, 7) is 9.59. The minimum absolute atomic E-state index is 0.1000. The second-order valence-corrected chi connectivity index (χ2v) is 15.3. The van der Waals surface area contributed by atoms with E-state index in [4.69, 9.17) is 26.7 Å². The molecule has 294 valence electrons. The van der Waals surface area contributed by atoms with E-state index in [2.05, 4.69) is 63.9 Å². The second-order valence-electron chi connectivity index (χ2n) is 15.3. The lowest BCUT2D eigenvalue weighted by atomic mass is 10.0. The molecule has 0 amide bonds. The molecule has 0 spiro atoms. The molecule has 56 heavy (non-hydrogen) atoms. The third-order valence-corrected chi connectivity index (χ3v) is 10.6. The van der Waals surface area contributed by atoms with Gasteiger partial charge in [0.05, 0.1) is 24.7 Å². The maximum atomic E-state index is 12.4. The highest BCUT2D eigenvalue weighted by Crippen LogP contribution is 2.31. The zero-order chi connectivity index (χ0) is 39.4. The van der Waals surface area contributed by atoms with Crippen molar-refractivity contribution in [1.29, 1.82) is 5.26 Å². The summed E-state index contributed by atoms with van der Waals surface area (Å²) in [4.78, 5) is 49.6. The van der Waals surface area contributed by atoms with Crippen LogP contribution in [0.3, 0.4) is 0 Å². The van der Waals surface area contributed by atoms with E-state index in [9.17, 15) is 9.59 Å². The molecule has 1 fully saturated rings. The molecule has 5 heterocycles. The maximum Gasteiger partial charge on any atom is 0.156 e. The Labute approximate surface area is 331 Å². The Balaban J connectivity index is 0.000000192. The summed E-state index contributed by atoms with van der Waals surface area (Å²) < 4.78 is 0. The molecule has 0 radical (unpaired) electrons. The normalized spacial score (nSPS) is 15.2. The molecule has 0 saturated carbocycles. The highest BCUT2D eigenvalue weighted by molar-refractivity contribution is 5.91. The Kier molecular flexibility index (Phi) is 14.0. The molecule has 2 aromatic heterocycles. The van der Waals surface area contributed by atoms with Gasteiger partial charge in [0.1, 0.15) is 34.9 Å². The van der Waals surface area contributed by atoms with Crippen LogP contribution in [0.2, 0.25) is 0 Å². The van der Waals surface area contributed by atoms with Gasteiger partial charge in [0.15, 0.2) is 11.6 Å². The third kappa shape index (κ3) is 10.7.